The maximum absolute atomic E-state index is 12.3. The van der Waals surface area contributed by atoms with Crippen molar-refractivity contribution in [2.75, 3.05) is 6.61 Å². The SMILES string of the molecule is CC1CCCC(C)N1C(=O)COc1cccc(CN)c1. The summed E-state index contributed by atoms with van der Waals surface area (Å²) in [6, 6.07) is 8.21. The molecule has 2 N–H and O–H groups in total. The maximum Gasteiger partial charge on any atom is 0.260 e. The lowest BCUT2D eigenvalue weighted by Gasteiger charge is -2.38. The number of rotatable bonds is 4. The van der Waals surface area contributed by atoms with Crippen molar-refractivity contribution in [2.24, 2.45) is 5.73 Å². The molecule has 0 bridgehead atoms. The van der Waals surface area contributed by atoms with Gasteiger partial charge in [0.15, 0.2) is 6.61 Å². The Labute approximate surface area is 120 Å². The summed E-state index contributed by atoms with van der Waals surface area (Å²) < 4.78 is 5.61. The molecule has 1 aromatic rings. The molecule has 2 atom stereocenters. The Morgan fingerprint density at radius 3 is 2.70 bits per heavy atom. The van der Waals surface area contributed by atoms with Gasteiger partial charge in [-0.2, -0.15) is 0 Å². The highest BCUT2D eigenvalue weighted by atomic mass is 16.5. The fourth-order valence-electron chi connectivity index (χ4n) is 2.89. The van der Waals surface area contributed by atoms with E-state index < -0.39 is 0 Å². The van der Waals surface area contributed by atoms with Crippen molar-refractivity contribution in [1.82, 2.24) is 4.90 Å². The van der Waals surface area contributed by atoms with E-state index in [1.807, 2.05) is 29.2 Å². The molecule has 0 spiro atoms. The first-order valence-corrected chi connectivity index (χ1v) is 7.34. The van der Waals surface area contributed by atoms with Crippen LogP contribution in [-0.2, 0) is 11.3 Å². The average molecular weight is 276 g/mol. The van der Waals surface area contributed by atoms with Gasteiger partial charge in [0.25, 0.3) is 5.91 Å². The lowest BCUT2D eigenvalue weighted by atomic mass is 9.97. The Hall–Kier alpha value is -1.55. The quantitative estimate of drug-likeness (QED) is 0.918. The molecule has 1 amide bonds. The average Bonchev–Trinajstić information content (AvgIpc) is 2.45. The van der Waals surface area contributed by atoms with Crippen molar-refractivity contribution in [3.63, 3.8) is 0 Å². The number of carbonyl (C=O) groups is 1. The van der Waals surface area contributed by atoms with E-state index in [9.17, 15) is 4.79 Å². The second kappa shape index (κ2) is 6.75. The van der Waals surface area contributed by atoms with Crippen molar-refractivity contribution in [3.05, 3.63) is 29.8 Å². The molecule has 1 fully saturated rings. The van der Waals surface area contributed by atoms with Gasteiger partial charge in [-0.05, 0) is 50.8 Å². The molecule has 110 valence electrons. The van der Waals surface area contributed by atoms with Gasteiger partial charge in [-0.1, -0.05) is 12.1 Å². The number of amides is 1. The van der Waals surface area contributed by atoms with E-state index in [4.69, 9.17) is 10.5 Å². The van der Waals surface area contributed by atoms with Crippen LogP contribution in [0.15, 0.2) is 24.3 Å². The van der Waals surface area contributed by atoms with Crippen LogP contribution in [0.4, 0.5) is 0 Å². The topological polar surface area (TPSA) is 55.6 Å². The summed E-state index contributed by atoms with van der Waals surface area (Å²) >= 11 is 0. The van der Waals surface area contributed by atoms with Gasteiger partial charge in [0.1, 0.15) is 5.75 Å². The second-order valence-corrected chi connectivity index (χ2v) is 5.57. The standard InChI is InChI=1S/C16H24N2O2/c1-12-5-3-6-13(2)18(12)16(19)11-20-15-8-4-7-14(9-15)10-17/h4,7-9,12-13H,3,5-6,10-11,17H2,1-2H3. The summed E-state index contributed by atoms with van der Waals surface area (Å²) in [6.07, 6.45) is 3.36. The Bertz CT molecular complexity index is 452. The molecule has 0 radical (unpaired) electrons. The van der Waals surface area contributed by atoms with E-state index in [0.717, 1.165) is 18.4 Å². The summed E-state index contributed by atoms with van der Waals surface area (Å²) in [4.78, 5) is 14.3. The zero-order valence-electron chi connectivity index (χ0n) is 12.3. The number of nitrogens with two attached hydrogens (primary N) is 1. The Morgan fingerprint density at radius 1 is 1.35 bits per heavy atom. The van der Waals surface area contributed by atoms with Crippen LogP contribution in [0.3, 0.4) is 0 Å². The van der Waals surface area contributed by atoms with Gasteiger partial charge in [-0.15, -0.1) is 0 Å². The highest BCUT2D eigenvalue weighted by Gasteiger charge is 2.28. The molecule has 1 saturated heterocycles. The number of hydrogen-bond acceptors (Lipinski definition) is 3. The van der Waals surface area contributed by atoms with Crippen LogP contribution in [0, 0.1) is 0 Å². The van der Waals surface area contributed by atoms with E-state index in [0.29, 0.717) is 24.4 Å². The van der Waals surface area contributed by atoms with Crippen LogP contribution in [-0.4, -0.2) is 29.5 Å². The summed E-state index contributed by atoms with van der Waals surface area (Å²) in [5.41, 5.74) is 6.61. The highest BCUT2D eigenvalue weighted by molar-refractivity contribution is 5.78. The molecule has 2 rings (SSSR count). The smallest absolute Gasteiger partial charge is 0.260 e. The molecule has 0 aliphatic carbocycles. The van der Waals surface area contributed by atoms with Crippen molar-refractivity contribution in [3.8, 4) is 5.75 Å². The van der Waals surface area contributed by atoms with Gasteiger partial charge in [-0.25, -0.2) is 0 Å². The Balaban J connectivity index is 1.94. The van der Waals surface area contributed by atoms with Crippen LogP contribution in [0.25, 0.3) is 0 Å². The monoisotopic (exact) mass is 276 g/mol. The van der Waals surface area contributed by atoms with Crippen LogP contribution >= 0.6 is 0 Å². The number of benzene rings is 1. The number of likely N-dealkylation sites (tertiary alicyclic amines) is 1. The van der Waals surface area contributed by atoms with Crippen LogP contribution in [0.2, 0.25) is 0 Å². The Morgan fingerprint density at radius 2 is 2.05 bits per heavy atom. The zero-order valence-corrected chi connectivity index (χ0v) is 12.3. The summed E-state index contributed by atoms with van der Waals surface area (Å²) in [5.74, 6) is 0.779. The number of ether oxygens (including phenoxy) is 1. The minimum Gasteiger partial charge on any atom is -0.484 e. The molecule has 0 aromatic heterocycles. The van der Waals surface area contributed by atoms with Gasteiger partial charge < -0.3 is 15.4 Å². The van der Waals surface area contributed by atoms with Gasteiger partial charge >= 0.3 is 0 Å². The molecule has 4 heteroatoms. The van der Waals surface area contributed by atoms with E-state index in [2.05, 4.69) is 13.8 Å². The van der Waals surface area contributed by atoms with Gasteiger partial charge in [0.05, 0.1) is 0 Å². The molecule has 1 heterocycles. The summed E-state index contributed by atoms with van der Waals surface area (Å²) in [5, 5.41) is 0. The van der Waals surface area contributed by atoms with Crippen molar-refractivity contribution < 1.29 is 9.53 Å². The van der Waals surface area contributed by atoms with E-state index in [1.54, 1.807) is 0 Å². The first-order valence-electron chi connectivity index (χ1n) is 7.34. The van der Waals surface area contributed by atoms with E-state index in [-0.39, 0.29) is 12.5 Å². The molecule has 0 saturated carbocycles. The third-order valence-electron chi connectivity index (χ3n) is 3.98. The number of hydrogen-bond donors (Lipinski definition) is 1. The van der Waals surface area contributed by atoms with Crippen LogP contribution in [0.5, 0.6) is 5.75 Å². The first-order chi connectivity index (χ1) is 9.61. The molecule has 4 nitrogen and oxygen atoms in total. The lowest BCUT2D eigenvalue weighted by Crippen LogP contribution is -2.49. The minimum absolute atomic E-state index is 0.0721. The molecule has 1 aliphatic rings. The predicted molar refractivity (Wildman–Crippen MR) is 79.4 cm³/mol. The fourth-order valence-corrected chi connectivity index (χ4v) is 2.89. The highest BCUT2D eigenvalue weighted by Crippen LogP contribution is 2.23. The first kappa shape index (κ1) is 14.9. The molecular weight excluding hydrogens is 252 g/mol. The molecular formula is C16H24N2O2. The summed E-state index contributed by atoms with van der Waals surface area (Å²) in [7, 11) is 0. The normalized spacial score (nSPS) is 22.6. The molecule has 20 heavy (non-hydrogen) atoms. The third-order valence-corrected chi connectivity index (χ3v) is 3.98. The molecule has 1 aliphatic heterocycles. The van der Waals surface area contributed by atoms with E-state index in [1.165, 1.54) is 6.42 Å². The lowest BCUT2D eigenvalue weighted by molar-refractivity contribution is -0.139. The summed E-state index contributed by atoms with van der Waals surface area (Å²) in [6.45, 7) is 4.80. The van der Waals surface area contributed by atoms with Crippen molar-refractivity contribution in [1.29, 1.82) is 0 Å². The van der Waals surface area contributed by atoms with Crippen LogP contribution in [0.1, 0.15) is 38.7 Å². The number of nitrogens with zero attached hydrogens (tertiary/aromatic N) is 1. The minimum atomic E-state index is 0.0721. The predicted octanol–water partition coefficient (Wildman–Crippen LogP) is 2.31. The van der Waals surface area contributed by atoms with Gasteiger partial charge in [0.2, 0.25) is 0 Å². The second-order valence-electron chi connectivity index (χ2n) is 5.57. The largest absolute Gasteiger partial charge is 0.484 e. The van der Waals surface area contributed by atoms with Gasteiger partial charge in [-0.3, -0.25) is 4.79 Å². The molecule has 1 aromatic carbocycles. The number of piperidine rings is 1. The maximum atomic E-state index is 12.3. The van der Waals surface area contributed by atoms with Crippen LogP contribution < -0.4 is 10.5 Å². The third kappa shape index (κ3) is 3.51. The van der Waals surface area contributed by atoms with Crippen molar-refractivity contribution in [2.45, 2.75) is 51.7 Å². The molecule has 2 unspecified atom stereocenters. The zero-order chi connectivity index (χ0) is 14.5. The van der Waals surface area contributed by atoms with E-state index >= 15 is 0 Å². The fraction of sp³-hybridized carbons (Fsp3) is 0.562. The van der Waals surface area contributed by atoms with Gasteiger partial charge in [0, 0.05) is 18.6 Å². The Kier molecular flexibility index (Phi) is 5.01. The van der Waals surface area contributed by atoms with Crippen molar-refractivity contribution >= 4 is 5.91 Å². The number of carbonyl (C=O) groups excluding carboxylic acids is 1.